The number of thioether (sulfide) groups is 1. The number of rotatable bonds is 5. The Hall–Kier alpha value is -1.23. The van der Waals surface area contributed by atoms with Gasteiger partial charge in [-0.05, 0) is 36.1 Å². The van der Waals surface area contributed by atoms with Crippen molar-refractivity contribution in [3.63, 3.8) is 0 Å². The quantitative estimate of drug-likeness (QED) is 0.581. The Morgan fingerprint density at radius 1 is 1.24 bits per heavy atom. The number of ether oxygens (including phenoxy) is 1. The van der Waals surface area contributed by atoms with Crippen LogP contribution in [0.3, 0.4) is 0 Å². The maximum absolute atomic E-state index is 12.4. The minimum atomic E-state index is -0.222. The lowest BCUT2D eigenvalue weighted by Crippen LogP contribution is -2.05. The monoisotopic (exact) mass is 341 g/mol. The zero-order valence-corrected chi connectivity index (χ0v) is 13.9. The first kappa shape index (κ1) is 16.1. The van der Waals surface area contributed by atoms with E-state index in [0.29, 0.717) is 15.6 Å². The van der Waals surface area contributed by atoms with E-state index >= 15 is 0 Å². The molecule has 0 aliphatic heterocycles. The normalized spacial score (nSPS) is 10.5. The third kappa shape index (κ3) is 3.70. The number of ketones is 1. The second-order valence-electron chi connectivity index (χ2n) is 4.09. The van der Waals surface area contributed by atoms with Crippen molar-refractivity contribution in [1.82, 2.24) is 4.98 Å². The molecule has 0 bridgehead atoms. The van der Waals surface area contributed by atoms with Crippen LogP contribution in [0.25, 0.3) is 0 Å². The van der Waals surface area contributed by atoms with Crippen LogP contribution in [-0.2, 0) is 0 Å². The highest BCUT2D eigenvalue weighted by Gasteiger charge is 2.15. The highest BCUT2D eigenvalue weighted by molar-refractivity contribution is 7.99. The van der Waals surface area contributed by atoms with Crippen molar-refractivity contribution >= 4 is 40.7 Å². The molecule has 0 spiro atoms. The van der Waals surface area contributed by atoms with E-state index in [-0.39, 0.29) is 17.4 Å². The molecule has 2 rings (SSSR count). The minimum Gasteiger partial charge on any atom is -0.480 e. The number of aromatic nitrogens is 1. The van der Waals surface area contributed by atoms with Gasteiger partial charge in [0, 0.05) is 10.5 Å². The van der Waals surface area contributed by atoms with Crippen molar-refractivity contribution < 1.29 is 9.53 Å². The zero-order valence-electron chi connectivity index (χ0n) is 11.5. The van der Waals surface area contributed by atoms with E-state index in [2.05, 4.69) is 4.98 Å². The Morgan fingerprint density at radius 2 is 2.00 bits per heavy atom. The first-order valence-corrected chi connectivity index (χ1v) is 7.98. The van der Waals surface area contributed by atoms with Gasteiger partial charge in [-0.1, -0.05) is 30.1 Å². The molecule has 0 radical (unpaired) electrons. The lowest BCUT2D eigenvalue weighted by atomic mass is 10.1. The Labute approximate surface area is 137 Å². The summed E-state index contributed by atoms with van der Waals surface area (Å²) in [4.78, 5) is 17.5. The zero-order chi connectivity index (χ0) is 15.4. The smallest absolute Gasteiger partial charge is 0.232 e. The Balaban J connectivity index is 2.34. The van der Waals surface area contributed by atoms with Crippen LogP contribution in [-0.4, -0.2) is 23.6 Å². The largest absolute Gasteiger partial charge is 0.480 e. The van der Waals surface area contributed by atoms with Crippen LogP contribution < -0.4 is 4.74 Å². The molecule has 21 heavy (non-hydrogen) atoms. The molecular formula is C15H13Cl2NO2S. The third-order valence-electron chi connectivity index (χ3n) is 2.73. The van der Waals surface area contributed by atoms with Crippen LogP contribution in [0.4, 0.5) is 0 Å². The van der Waals surface area contributed by atoms with Gasteiger partial charge in [0.25, 0.3) is 0 Å². The molecule has 0 atom stereocenters. The molecule has 0 fully saturated rings. The minimum absolute atomic E-state index is 0.222. The number of hydrogen-bond acceptors (Lipinski definition) is 4. The number of pyridine rings is 1. The average Bonchev–Trinajstić information content (AvgIpc) is 2.49. The van der Waals surface area contributed by atoms with Crippen LogP contribution >= 0.6 is 35.0 Å². The average molecular weight is 342 g/mol. The van der Waals surface area contributed by atoms with Crippen molar-refractivity contribution in [3.8, 4) is 5.88 Å². The molecule has 1 aromatic heterocycles. The second kappa shape index (κ2) is 7.16. The number of carbonyl (C=O) groups is 1. The van der Waals surface area contributed by atoms with Gasteiger partial charge in [-0.3, -0.25) is 4.79 Å². The van der Waals surface area contributed by atoms with Gasteiger partial charge in [0.2, 0.25) is 11.7 Å². The summed E-state index contributed by atoms with van der Waals surface area (Å²) in [7, 11) is 1.45. The van der Waals surface area contributed by atoms with Gasteiger partial charge in [0.15, 0.2) is 0 Å². The van der Waals surface area contributed by atoms with Gasteiger partial charge in [-0.15, -0.1) is 11.8 Å². The molecule has 0 N–H and O–H groups in total. The molecule has 0 amide bonds. The Bertz CT molecular complexity index is 677. The molecular weight excluding hydrogens is 329 g/mol. The Morgan fingerprint density at radius 3 is 2.62 bits per heavy atom. The highest BCUT2D eigenvalue weighted by Crippen LogP contribution is 2.29. The van der Waals surface area contributed by atoms with Crippen LogP contribution in [0.2, 0.25) is 10.0 Å². The second-order valence-corrected chi connectivity index (χ2v) is 6.22. The van der Waals surface area contributed by atoms with Gasteiger partial charge in [-0.25, -0.2) is 4.98 Å². The summed E-state index contributed by atoms with van der Waals surface area (Å²) in [5, 5.41) is 0.926. The van der Waals surface area contributed by atoms with Gasteiger partial charge in [0.1, 0.15) is 10.7 Å². The van der Waals surface area contributed by atoms with Crippen molar-refractivity contribution in [1.29, 1.82) is 0 Å². The van der Waals surface area contributed by atoms with Crippen molar-refractivity contribution in [2.45, 2.75) is 11.8 Å². The fourth-order valence-electron chi connectivity index (χ4n) is 1.76. The van der Waals surface area contributed by atoms with E-state index in [1.165, 1.54) is 7.11 Å². The van der Waals surface area contributed by atoms with Gasteiger partial charge < -0.3 is 4.74 Å². The first-order chi connectivity index (χ1) is 10.1. The van der Waals surface area contributed by atoms with Crippen LogP contribution in [0, 0.1) is 0 Å². The molecule has 110 valence electrons. The molecule has 3 nitrogen and oxygen atoms in total. The summed E-state index contributed by atoms with van der Waals surface area (Å²) in [6.45, 7) is 2.05. The maximum atomic E-state index is 12.4. The fourth-order valence-corrected chi connectivity index (χ4v) is 2.95. The van der Waals surface area contributed by atoms with Crippen molar-refractivity contribution in [2.24, 2.45) is 0 Å². The first-order valence-electron chi connectivity index (χ1n) is 6.24. The molecule has 0 saturated carbocycles. The van der Waals surface area contributed by atoms with E-state index in [1.807, 2.05) is 13.0 Å². The predicted molar refractivity (Wildman–Crippen MR) is 87.1 cm³/mol. The van der Waals surface area contributed by atoms with E-state index in [9.17, 15) is 4.79 Å². The van der Waals surface area contributed by atoms with Gasteiger partial charge >= 0.3 is 0 Å². The highest BCUT2D eigenvalue weighted by atomic mass is 35.5. The topological polar surface area (TPSA) is 39.2 Å². The molecule has 6 heteroatoms. The van der Waals surface area contributed by atoms with Crippen molar-refractivity contribution in [3.05, 3.63) is 51.6 Å². The Kier molecular flexibility index (Phi) is 5.51. The number of halogens is 2. The predicted octanol–water partition coefficient (Wildman–Crippen LogP) is 4.74. The summed E-state index contributed by atoms with van der Waals surface area (Å²) in [6.07, 6.45) is 0. The molecule has 0 saturated heterocycles. The number of benzene rings is 1. The SMILES string of the molecule is CCSc1ccc(C(=O)c2ccc(Cl)c(OC)n2)cc1Cl. The molecule has 0 aliphatic carbocycles. The number of methoxy groups -OCH3 is 1. The van der Waals surface area contributed by atoms with Gasteiger partial charge in [-0.2, -0.15) is 0 Å². The summed E-state index contributed by atoms with van der Waals surface area (Å²) in [5.41, 5.74) is 0.750. The van der Waals surface area contributed by atoms with Crippen molar-refractivity contribution in [2.75, 3.05) is 12.9 Å². The van der Waals surface area contributed by atoms with Crippen LogP contribution in [0.15, 0.2) is 35.2 Å². The number of nitrogens with zero attached hydrogens (tertiary/aromatic N) is 1. The van der Waals surface area contributed by atoms with E-state index in [4.69, 9.17) is 27.9 Å². The standard InChI is InChI=1S/C15H13Cl2NO2S/c1-3-21-13-7-4-9(8-11(13)17)14(19)12-6-5-10(16)15(18-12)20-2/h4-8H,3H2,1-2H3. The molecule has 0 unspecified atom stereocenters. The molecule has 1 aromatic carbocycles. The lowest BCUT2D eigenvalue weighted by molar-refractivity contribution is 0.103. The molecule has 0 aliphatic rings. The van der Waals surface area contributed by atoms with E-state index in [1.54, 1.807) is 36.0 Å². The van der Waals surface area contributed by atoms with Crippen LogP contribution in [0.1, 0.15) is 23.0 Å². The molecule has 1 heterocycles. The summed E-state index contributed by atoms with van der Waals surface area (Å²) in [6, 6.07) is 8.40. The number of hydrogen-bond donors (Lipinski definition) is 0. The van der Waals surface area contributed by atoms with E-state index in [0.717, 1.165) is 10.6 Å². The van der Waals surface area contributed by atoms with Gasteiger partial charge in [0.05, 0.1) is 12.1 Å². The maximum Gasteiger partial charge on any atom is 0.232 e. The van der Waals surface area contributed by atoms with E-state index < -0.39 is 0 Å². The summed E-state index contributed by atoms with van der Waals surface area (Å²) in [5.74, 6) is 0.926. The summed E-state index contributed by atoms with van der Waals surface area (Å²) < 4.78 is 5.02. The van der Waals surface area contributed by atoms with Crippen LogP contribution in [0.5, 0.6) is 5.88 Å². The summed E-state index contributed by atoms with van der Waals surface area (Å²) >= 11 is 13.7. The molecule has 2 aromatic rings. The lowest BCUT2D eigenvalue weighted by Gasteiger charge is -2.07. The third-order valence-corrected chi connectivity index (χ3v) is 4.40. The number of carbonyl (C=O) groups excluding carboxylic acids is 1. The fraction of sp³-hybridized carbons (Fsp3) is 0.200.